The normalized spacial score (nSPS) is 13.1. The maximum atomic E-state index is 3.82. The summed E-state index contributed by atoms with van der Waals surface area (Å²) in [7, 11) is 0. The third-order valence-corrected chi connectivity index (χ3v) is 10.2. The summed E-state index contributed by atoms with van der Waals surface area (Å²) in [5, 5.41) is 7.65. The standard InChI is InChI=1S/C32H22B2N2S2/c1-3-11-21(12-4-1)33-25-19-29(37-31(25)23-15-7-9-17-27(23)35-33)30-20-26-32(38-30)24-16-8-10-18-28(24)36-34(26)22-13-5-2-6-14-22/h1-20,35-36H. The van der Waals surface area contributed by atoms with Crippen molar-refractivity contribution in [2.45, 2.75) is 0 Å². The molecule has 38 heavy (non-hydrogen) atoms. The van der Waals surface area contributed by atoms with Crippen LogP contribution in [0.3, 0.4) is 0 Å². The van der Waals surface area contributed by atoms with Crippen molar-refractivity contribution in [3.8, 4) is 30.6 Å². The molecule has 2 aliphatic heterocycles. The highest BCUT2D eigenvalue weighted by molar-refractivity contribution is 7.27. The number of thiophene rings is 2. The van der Waals surface area contributed by atoms with Crippen molar-refractivity contribution in [1.82, 2.24) is 0 Å². The van der Waals surface area contributed by atoms with Gasteiger partial charge in [-0.1, -0.05) is 108 Å². The van der Waals surface area contributed by atoms with Crippen LogP contribution < -0.4 is 32.3 Å². The molecule has 0 aliphatic carbocycles. The Kier molecular flexibility index (Phi) is 5.10. The Morgan fingerprint density at radius 2 is 0.842 bits per heavy atom. The second-order valence-corrected chi connectivity index (χ2v) is 12.0. The molecule has 0 spiro atoms. The first-order chi connectivity index (χ1) is 18.8. The van der Waals surface area contributed by atoms with Gasteiger partial charge in [0, 0.05) is 42.0 Å². The molecule has 0 unspecified atom stereocenters. The average Bonchev–Trinajstić information content (AvgIpc) is 3.63. The predicted octanol–water partition coefficient (Wildman–Crippen LogP) is 5.87. The molecule has 2 aliphatic rings. The summed E-state index contributed by atoms with van der Waals surface area (Å²) < 4.78 is 0. The van der Waals surface area contributed by atoms with Gasteiger partial charge in [0.1, 0.15) is 0 Å². The quantitative estimate of drug-likeness (QED) is 0.285. The van der Waals surface area contributed by atoms with Crippen molar-refractivity contribution in [3.63, 3.8) is 0 Å². The van der Waals surface area contributed by atoms with Gasteiger partial charge in [0.2, 0.25) is 0 Å². The molecule has 0 radical (unpaired) electrons. The second-order valence-electron chi connectivity index (χ2n) is 9.86. The van der Waals surface area contributed by atoms with E-state index in [0.717, 1.165) is 0 Å². The van der Waals surface area contributed by atoms with Gasteiger partial charge in [0.25, 0.3) is 0 Å². The Labute approximate surface area is 231 Å². The molecule has 4 aromatic carbocycles. The van der Waals surface area contributed by atoms with Gasteiger partial charge in [-0.25, -0.2) is 0 Å². The summed E-state index contributed by atoms with van der Waals surface area (Å²) in [6.45, 7) is 0.278. The van der Waals surface area contributed by atoms with Crippen LogP contribution in [0.25, 0.3) is 30.6 Å². The molecule has 0 saturated carbocycles. The monoisotopic (exact) mass is 520 g/mol. The number of nitrogens with one attached hydrogen (secondary N) is 2. The Hall–Kier alpha value is -3.99. The van der Waals surface area contributed by atoms with E-state index in [2.05, 4.69) is 132 Å². The van der Waals surface area contributed by atoms with E-state index in [1.165, 1.54) is 63.9 Å². The van der Waals surface area contributed by atoms with Gasteiger partial charge in [-0.2, -0.15) is 0 Å². The highest BCUT2D eigenvalue weighted by Gasteiger charge is 2.34. The van der Waals surface area contributed by atoms with Gasteiger partial charge < -0.3 is 10.5 Å². The summed E-state index contributed by atoms with van der Waals surface area (Å²) in [5.41, 5.74) is 10.3. The maximum Gasteiger partial charge on any atom is 0.322 e. The zero-order valence-corrected chi connectivity index (χ0v) is 22.2. The van der Waals surface area contributed by atoms with Gasteiger partial charge in [0.15, 0.2) is 0 Å². The molecule has 2 aromatic heterocycles. The van der Waals surface area contributed by atoms with Crippen LogP contribution in [0.15, 0.2) is 121 Å². The zero-order valence-electron chi connectivity index (χ0n) is 20.5. The van der Waals surface area contributed by atoms with Crippen LogP contribution in [0.1, 0.15) is 0 Å². The molecule has 8 rings (SSSR count). The first kappa shape index (κ1) is 22.0. The largest absolute Gasteiger partial charge is 0.420 e. The Balaban J connectivity index is 1.30. The van der Waals surface area contributed by atoms with E-state index < -0.39 is 0 Å². The zero-order chi connectivity index (χ0) is 25.1. The fourth-order valence-corrected chi connectivity index (χ4v) is 8.35. The van der Waals surface area contributed by atoms with Gasteiger partial charge in [-0.05, 0) is 35.2 Å². The van der Waals surface area contributed by atoms with Crippen molar-refractivity contribution < 1.29 is 0 Å². The number of hydrogen-bond donors (Lipinski definition) is 2. The molecular weight excluding hydrogens is 498 g/mol. The topological polar surface area (TPSA) is 24.1 Å². The Morgan fingerprint density at radius 3 is 1.29 bits per heavy atom. The minimum atomic E-state index is 0.139. The van der Waals surface area contributed by atoms with Crippen LogP contribution in [0, 0.1) is 0 Å². The van der Waals surface area contributed by atoms with Crippen molar-refractivity contribution in [1.29, 1.82) is 0 Å². The van der Waals surface area contributed by atoms with E-state index in [1.54, 1.807) is 0 Å². The highest BCUT2D eigenvalue weighted by Crippen LogP contribution is 2.44. The molecule has 2 N–H and O–H groups in total. The molecule has 6 aromatic rings. The van der Waals surface area contributed by atoms with E-state index >= 15 is 0 Å². The maximum absolute atomic E-state index is 3.82. The number of rotatable bonds is 3. The number of benzene rings is 4. The predicted molar refractivity (Wildman–Crippen MR) is 169 cm³/mol. The summed E-state index contributed by atoms with van der Waals surface area (Å²) in [4.78, 5) is 5.40. The molecule has 178 valence electrons. The van der Waals surface area contributed by atoms with Crippen molar-refractivity contribution in [2.75, 3.05) is 10.5 Å². The van der Waals surface area contributed by atoms with Crippen molar-refractivity contribution >= 4 is 69.6 Å². The molecule has 6 heteroatoms. The number of anilines is 2. The summed E-state index contributed by atoms with van der Waals surface area (Å²) in [6, 6.07) is 43.9. The van der Waals surface area contributed by atoms with E-state index in [1.807, 2.05) is 22.7 Å². The molecule has 4 heterocycles. The second kappa shape index (κ2) is 8.80. The molecule has 0 saturated heterocycles. The molecule has 0 amide bonds. The molecular formula is C32H22B2N2S2. The molecule has 0 bridgehead atoms. The van der Waals surface area contributed by atoms with Crippen LogP contribution in [-0.4, -0.2) is 13.7 Å². The highest BCUT2D eigenvalue weighted by atomic mass is 32.1. The smallest absolute Gasteiger partial charge is 0.322 e. The van der Waals surface area contributed by atoms with Crippen molar-refractivity contribution in [3.05, 3.63) is 121 Å². The van der Waals surface area contributed by atoms with Crippen molar-refractivity contribution in [2.24, 2.45) is 0 Å². The van der Waals surface area contributed by atoms with Crippen LogP contribution >= 0.6 is 22.7 Å². The van der Waals surface area contributed by atoms with E-state index in [0.29, 0.717) is 0 Å². The van der Waals surface area contributed by atoms with E-state index in [4.69, 9.17) is 0 Å². The average molecular weight is 520 g/mol. The van der Waals surface area contributed by atoms with Gasteiger partial charge in [-0.15, -0.1) is 22.7 Å². The molecule has 0 fully saturated rings. The SMILES string of the molecule is c1ccc(B2Nc3ccccc3-c3sc(-c4cc5c(s4)-c4ccccc4NB5c4ccccc4)cc32)cc1. The van der Waals surface area contributed by atoms with Crippen LogP contribution in [0.5, 0.6) is 0 Å². The number of para-hydroxylation sites is 2. The first-order valence-corrected chi connectivity index (χ1v) is 14.6. The Bertz CT molecular complexity index is 1660. The third kappa shape index (κ3) is 3.48. The summed E-state index contributed by atoms with van der Waals surface area (Å²) in [5.74, 6) is 0. The summed E-state index contributed by atoms with van der Waals surface area (Å²) in [6.07, 6.45) is 0. The van der Waals surface area contributed by atoms with Crippen LogP contribution in [-0.2, 0) is 0 Å². The molecule has 0 atom stereocenters. The van der Waals surface area contributed by atoms with Gasteiger partial charge in [0.05, 0.1) is 0 Å². The minimum absolute atomic E-state index is 0.139. The third-order valence-electron chi connectivity index (χ3n) is 7.60. The molecule has 2 nitrogen and oxygen atoms in total. The van der Waals surface area contributed by atoms with Crippen LogP contribution in [0.4, 0.5) is 11.4 Å². The fraction of sp³-hybridized carbons (Fsp3) is 0. The van der Waals surface area contributed by atoms with Crippen LogP contribution in [0.2, 0.25) is 0 Å². The summed E-state index contributed by atoms with van der Waals surface area (Å²) >= 11 is 3.84. The lowest BCUT2D eigenvalue weighted by Crippen LogP contribution is -2.51. The lowest BCUT2D eigenvalue weighted by molar-refractivity contribution is 1.62. The first-order valence-electron chi connectivity index (χ1n) is 12.9. The van der Waals surface area contributed by atoms with E-state index in [-0.39, 0.29) is 13.7 Å². The van der Waals surface area contributed by atoms with Gasteiger partial charge in [-0.3, -0.25) is 0 Å². The number of fused-ring (bicyclic) bond motifs is 6. The minimum Gasteiger partial charge on any atom is -0.420 e. The lowest BCUT2D eigenvalue weighted by atomic mass is 9.49. The number of hydrogen-bond acceptors (Lipinski definition) is 4. The lowest BCUT2D eigenvalue weighted by Gasteiger charge is -2.25. The van der Waals surface area contributed by atoms with E-state index in [9.17, 15) is 0 Å². The fourth-order valence-electron chi connectivity index (χ4n) is 5.80. The van der Waals surface area contributed by atoms with Gasteiger partial charge >= 0.3 is 13.7 Å². The Morgan fingerprint density at radius 1 is 0.447 bits per heavy atom.